The molecule has 1 saturated heterocycles. The lowest BCUT2D eigenvalue weighted by atomic mass is 9.94. The van der Waals surface area contributed by atoms with Gasteiger partial charge < -0.3 is 15.2 Å². The fourth-order valence-electron chi connectivity index (χ4n) is 1.66. The number of rotatable bonds is 3. The minimum absolute atomic E-state index is 0.365. The van der Waals surface area contributed by atoms with Gasteiger partial charge in [0, 0.05) is 32.6 Å². The molecule has 0 amide bonds. The Bertz CT molecular complexity index is 336. The van der Waals surface area contributed by atoms with Gasteiger partial charge in [0.2, 0.25) is 0 Å². The Morgan fingerprint density at radius 1 is 1.44 bits per heavy atom. The highest BCUT2D eigenvalue weighted by atomic mass is 19.1. The third-order valence-corrected chi connectivity index (χ3v) is 2.75. The quantitative estimate of drug-likeness (QED) is 0.812. The van der Waals surface area contributed by atoms with Gasteiger partial charge in [-0.25, -0.2) is 9.37 Å². The molecule has 0 unspecified atom stereocenters. The van der Waals surface area contributed by atoms with Crippen LogP contribution in [-0.4, -0.2) is 35.5 Å². The first kappa shape index (κ1) is 11.3. The highest BCUT2D eigenvalue weighted by Crippen LogP contribution is 2.20. The van der Waals surface area contributed by atoms with E-state index in [1.807, 2.05) is 0 Å². The number of halogens is 1. The summed E-state index contributed by atoms with van der Waals surface area (Å²) in [7, 11) is 0. The van der Waals surface area contributed by atoms with Gasteiger partial charge in [-0.15, -0.1) is 0 Å². The number of hydrogen-bond donors (Lipinski definition) is 2. The predicted molar refractivity (Wildman–Crippen MR) is 57.7 cm³/mol. The fraction of sp³-hybridized carbons (Fsp3) is 0.545. The first-order valence-corrected chi connectivity index (χ1v) is 5.34. The molecule has 16 heavy (non-hydrogen) atoms. The van der Waals surface area contributed by atoms with Gasteiger partial charge in [-0.2, -0.15) is 0 Å². The van der Waals surface area contributed by atoms with Crippen molar-refractivity contribution in [3.63, 3.8) is 0 Å². The zero-order valence-electron chi connectivity index (χ0n) is 8.95. The molecule has 2 N–H and O–H groups in total. The van der Waals surface area contributed by atoms with Gasteiger partial charge in [0.25, 0.3) is 0 Å². The van der Waals surface area contributed by atoms with Crippen LogP contribution in [0.4, 0.5) is 10.2 Å². The largest absolute Gasteiger partial charge is 0.388 e. The Kier molecular flexibility index (Phi) is 3.36. The van der Waals surface area contributed by atoms with Gasteiger partial charge in [-0.3, -0.25) is 0 Å². The van der Waals surface area contributed by atoms with E-state index in [1.165, 1.54) is 6.07 Å². The van der Waals surface area contributed by atoms with Crippen molar-refractivity contribution in [2.45, 2.75) is 18.4 Å². The van der Waals surface area contributed by atoms with Crippen LogP contribution in [0.3, 0.4) is 0 Å². The number of aliphatic hydroxyl groups is 1. The molecule has 88 valence electrons. The Hall–Kier alpha value is -1.20. The first-order chi connectivity index (χ1) is 7.68. The number of ether oxygens (including phenoxy) is 1. The summed E-state index contributed by atoms with van der Waals surface area (Å²) >= 11 is 0. The summed E-state index contributed by atoms with van der Waals surface area (Å²) in [6, 6.07) is 2.89. The lowest BCUT2D eigenvalue weighted by Crippen LogP contribution is -2.42. The molecule has 1 aliphatic rings. The van der Waals surface area contributed by atoms with E-state index in [9.17, 15) is 9.50 Å². The molecule has 0 aromatic carbocycles. The van der Waals surface area contributed by atoms with Gasteiger partial charge in [0.15, 0.2) is 0 Å². The van der Waals surface area contributed by atoms with E-state index >= 15 is 0 Å². The maximum atomic E-state index is 12.6. The Balaban J connectivity index is 1.88. The van der Waals surface area contributed by atoms with E-state index < -0.39 is 5.60 Å². The number of pyridine rings is 1. The second-order valence-electron chi connectivity index (χ2n) is 4.05. The summed E-state index contributed by atoms with van der Waals surface area (Å²) in [6.07, 6.45) is 2.37. The van der Waals surface area contributed by atoms with Crippen molar-refractivity contribution in [2.75, 3.05) is 25.1 Å². The monoisotopic (exact) mass is 226 g/mol. The van der Waals surface area contributed by atoms with E-state index in [-0.39, 0.29) is 5.82 Å². The number of hydrogen-bond acceptors (Lipinski definition) is 4. The smallest absolute Gasteiger partial charge is 0.141 e. The molecule has 0 saturated carbocycles. The Labute approximate surface area is 93.5 Å². The van der Waals surface area contributed by atoms with Crippen molar-refractivity contribution >= 4 is 5.82 Å². The van der Waals surface area contributed by atoms with Crippen LogP contribution in [-0.2, 0) is 4.74 Å². The molecule has 0 bridgehead atoms. The van der Waals surface area contributed by atoms with Crippen LogP contribution in [0.5, 0.6) is 0 Å². The van der Waals surface area contributed by atoms with Gasteiger partial charge in [0.1, 0.15) is 11.6 Å². The Morgan fingerprint density at radius 3 is 2.81 bits per heavy atom. The van der Waals surface area contributed by atoms with E-state index in [2.05, 4.69) is 10.3 Å². The van der Waals surface area contributed by atoms with Crippen molar-refractivity contribution in [3.05, 3.63) is 24.1 Å². The topological polar surface area (TPSA) is 54.4 Å². The molecule has 1 aromatic rings. The molecule has 0 aliphatic carbocycles. The molecule has 4 nitrogen and oxygen atoms in total. The summed E-state index contributed by atoms with van der Waals surface area (Å²) in [5, 5.41) is 13.1. The summed E-state index contributed by atoms with van der Waals surface area (Å²) in [5.41, 5.74) is -0.742. The molecule has 0 atom stereocenters. The average Bonchev–Trinajstić information content (AvgIpc) is 2.29. The second-order valence-corrected chi connectivity index (χ2v) is 4.05. The molecule has 0 spiro atoms. The maximum Gasteiger partial charge on any atom is 0.141 e. The van der Waals surface area contributed by atoms with Crippen LogP contribution in [0.1, 0.15) is 12.8 Å². The molecule has 2 rings (SSSR count). The van der Waals surface area contributed by atoms with Crippen molar-refractivity contribution in [2.24, 2.45) is 0 Å². The lowest BCUT2D eigenvalue weighted by molar-refractivity contribution is -0.0543. The number of aromatic nitrogens is 1. The number of anilines is 1. The van der Waals surface area contributed by atoms with Crippen molar-refractivity contribution in [1.29, 1.82) is 0 Å². The Morgan fingerprint density at radius 2 is 2.19 bits per heavy atom. The van der Waals surface area contributed by atoms with Gasteiger partial charge in [-0.05, 0) is 12.1 Å². The first-order valence-electron chi connectivity index (χ1n) is 5.34. The normalized spacial score (nSPS) is 19.4. The summed E-state index contributed by atoms with van der Waals surface area (Å²) in [4.78, 5) is 3.87. The van der Waals surface area contributed by atoms with Crippen LogP contribution in [0.15, 0.2) is 18.3 Å². The lowest BCUT2D eigenvalue weighted by Gasteiger charge is -2.32. The van der Waals surface area contributed by atoms with Crippen molar-refractivity contribution in [3.8, 4) is 0 Å². The SMILES string of the molecule is OC1(CNc2ccc(F)cn2)CCOCC1. The molecule has 1 aliphatic heterocycles. The summed E-state index contributed by atoms with van der Waals surface area (Å²) in [5.74, 6) is 0.205. The predicted octanol–water partition coefficient (Wildman–Crippen LogP) is 1.17. The molecule has 2 heterocycles. The third kappa shape index (κ3) is 2.90. The van der Waals surface area contributed by atoms with E-state index in [1.54, 1.807) is 6.07 Å². The van der Waals surface area contributed by atoms with Crippen LogP contribution < -0.4 is 5.32 Å². The minimum atomic E-state index is -0.742. The van der Waals surface area contributed by atoms with E-state index in [0.29, 0.717) is 38.4 Å². The standard InChI is InChI=1S/C11H15FN2O2/c12-9-1-2-10(13-7-9)14-8-11(15)3-5-16-6-4-11/h1-2,7,15H,3-6,8H2,(H,13,14). The highest BCUT2D eigenvalue weighted by Gasteiger charge is 2.29. The van der Waals surface area contributed by atoms with Gasteiger partial charge in [-0.1, -0.05) is 0 Å². The van der Waals surface area contributed by atoms with Crippen LogP contribution >= 0.6 is 0 Å². The number of nitrogens with one attached hydrogen (secondary N) is 1. The van der Waals surface area contributed by atoms with Crippen LogP contribution in [0, 0.1) is 5.82 Å². The zero-order valence-corrected chi connectivity index (χ0v) is 8.95. The van der Waals surface area contributed by atoms with Crippen molar-refractivity contribution in [1.82, 2.24) is 4.98 Å². The molecule has 5 heteroatoms. The van der Waals surface area contributed by atoms with E-state index in [4.69, 9.17) is 4.74 Å². The molecular formula is C11H15FN2O2. The summed E-state index contributed by atoms with van der Waals surface area (Å²) in [6.45, 7) is 1.57. The molecule has 1 aromatic heterocycles. The summed E-state index contributed by atoms with van der Waals surface area (Å²) < 4.78 is 17.8. The van der Waals surface area contributed by atoms with Gasteiger partial charge >= 0.3 is 0 Å². The zero-order chi connectivity index (χ0) is 11.4. The van der Waals surface area contributed by atoms with Crippen molar-refractivity contribution < 1.29 is 14.2 Å². The molecule has 0 radical (unpaired) electrons. The maximum absolute atomic E-state index is 12.6. The van der Waals surface area contributed by atoms with Gasteiger partial charge in [0.05, 0.1) is 11.8 Å². The van der Waals surface area contributed by atoms with Crippen LogP contribution in [0.2, 0.25) is 0 Å². The third-order valence-electron chi connectivity index (χ3n) is 2.75. The average molecular weight is 226 g/mol. The highest BCUT2D eigenvalue weighted by molar-refractivity contribution is 5.34. The number of nitrogens with zero attached hydrogens (tertiary/aromatic N) is 1. The van der Waals surface area contributed by atoms with E-state index in [0.717, 1.165) is 6.20 Å². The van der Waals surface area contributed by atoms with Crippen LogP contribution in [0.25, 0.3) is 0 Å². The minimum Gasteiger partial charge on any atom is -0.388 e. The second kappa shape index (κ2) is 4.76. The fourth-order valence-corrected chi connectivity index (χ4v) is 1.66. The molecular weight excluding hydrogens is 211 g/mol. The molecule has 1 fully saturated rings.